The van der Waals surface area contributed by atoms with Crippen LogP contribution in [0.25, 0.3) is 0 Å². The minimum atomic E-state index is -1.82. The number of carbonyl (C=O) groups excluding carboxylic acids is 4. The molecular formula is C38H52N2O12. The molecule has 0 aromatic heterocycles. The summed E-state index contributed by atoms with van der Waals surface area (Å²) in [5.74, 6) is -3.48. The van der Waals surface area contributed by atoms with E-state index in [1.807, 2.05) is 6.92 Å². The van der Waals surface area contributed by atoms with Crippen LogP contribution in [-0.4, -0.2) is 129 Å². The van der Waals surface area contributed by atoms with Crippen molar-refractivity contribution in [3.8, 4) is 0 Å². The predicted octanol–water partition coefficient (Wildman–Crippen LogP) is 1.94. The first kappa shape index (κ1) is 37.2. The van der Waals surface area contributed by atoms with E-state index < -0.39 is 82.0 Å². The van der Waals surface area contributed by atoms with Crippen LogP contribution >= 0.6 is 0 Å². The Morgan fingerprint density at radius 3 is 2.42 bits per heavy atom. The Morgan fingerprint density at radius 1 is 1.02 bits per heavy atom. The van der Waals surface area contributed by atoms with Crippen LogP contribution in [0.5, 0.6) is 0 Å². The zero-order valence-electron chi connectivity index (χ0n) is 30.8. The van der Waals surface area contributed by atoms with E-state index in [0.29, 0.717) is 32.4 Å². The first-order chi connectivity index (χ1) is 24.8. The number of ether oxygens (including phenoxy) is 6. The van der Waals surface area contributed by atoms with Crippen molar-refractivity contribution >= 4 is 29.5 Å². The molecule has 14 heteroatoms. The van der Waals surface area contributed by atoms with E-state index in [2.05, 4.69) is 15.0 Å². The third-order valence-corrected chi connectivity index (χ3v) is 14.0. The van der Waals surface area contributed by atoms with E-state index >= 15 is 0 Å². The third-order valence-electron chi connectivity index (χ3n) is 14.0. The van der Waals surface area contributed by atoms with E-state index in [0.717, 1.165) is 0 Å². The van der Waals surface area contributed by atoms with Crippen LogP contribution < -0.4 is 5.32 Å². The number of hydrogen-bond acceptors (Lipinski definition) is 13. The van der Waals surface area contributed by atoms with Crippen molar-refractivity contribution in [1.82, 2.24) is 4.90 Å². The quantitative estimate of drug-likeness (QED) is 0.210. The first-order valence-electron chi connectivity index (χ1n) is 18.4. The number of carbonyl (C=O) groups is 4. The summed E-state index contributed by atoms with van der Waals surface area (Å²) < 4.78 is 35.7. The zero-order chi connectivity index (χ0) is 37.4. The van der Waals surface area contributed by atoms with Gasteiger partial charge >= 0.3 is 17.9 Å². The minimum Gasteiger partial charge on any atom is -0.469 e. The number of hydrogen-bond donors (Lipinski definition) is 3. The molecule has 13 atom stereocenters. The molecular weight excluding hydrogens is 676 g/mol. The lowest BCUT2D eigenvalue weighted by Gasteiger charge is -2.70. The Hall–Kier alpha value is -3.14. The van der Waals surface area contributed by atoms with Crippen LogP contribution in [0.4, 0.5) is 5.69 Å². The number of fused-ring (bicyclic) bond motifs is 2. The standard InChI is InChI=1S/C38H52N2O12/c1-7-40-18-35(19-51-33(44)21-10-8-9-11-24(21)39-27(42)12-13-28(43)49-5)15-14-26(48-4)37-23-16-22-25(47-3)17-36(45,29(23)30(22)52-20(2)41)38(46,34(37)40)32(50-6)31(35)37/h8-11,22-23,25-26,29-32,34,45-46H,7,12-19H2,1-6H3,(H,39,42)/t22-,23-,25+,26+,29-,30+,31-,32+,34+,35+,36-,37+,38+/m1/s1. The van der Waals surface area contributed by atoms with Gasteiger partial charge in [-0.05, 0) is 43.9 Å². The fraction of sp³-hybridized carbons (Fsp3) is 0.737. The highest BCUT2D eigenvalue weighted by Gasteiger charge is 2.92. The van der Waals surface area contributed by atoms with E-state index in [-0.39, 0.29) is 55.1 Å². The summed E-state index contributed by atoms with van der Waals surface area (Å²) in [6, 6.07) is 5.99. The summed E-state index contributed by atoms with van der Waals surface area (Å²) in [6.45, 7) is 4.41. The molecule has 7 rings (SSSR count). The molecule has 6 aliphatic rings. The van der Waals surface area contributed by atoms with Crippen molar-refractivity contribution in [2.75, 3.05) is 53.5 Å². The smallest absolute Gasteiger partial charge is 0.340 e. The van der Waals surface area contributed by atoms with Crippen molar-refractivity contribution in [2.24, 2.45) is 34.5 Å². The number of para-hydroxylation sites is 1. The van der Waals surface area contributed by atoms with Gasteiger partial charge in [-0.15, -0.1) is 0 Å². The van der Waals surface area contributed by atoms with Gasteiger partial charge < -0.3 is 44.0 Å². The first-order valence-corrected chi connectivity index (χ1v) is 18.4. The Kier molecular flexibility index (Phi) is 9.52. The van der Waals surface area contributed by atoms with Crippen LogP contribution in [0.2, 0.25) is 0 Å². The van der Waals surface area contributed by atoms with Gasteiger partial charge in [-0.2, -0.15) is 0 Å². The maximum absolute atomic E-state index is 14.0. The van der Waals surface area contributed by atoms with Gasteiger partial charge in [0.25, 0.3) is 0 Å². The van der Waals surface area contributed by atoms with Crippen molar-refractivity contribution in [3.63, 3.8) is 0 Å². The average molecular weight is 729 g/mol. The van der Waals surface area contributed by atoms with Crippen molar-refractivity contribution in [2.45, 2.75) is 94.0 Å². The number of nitrogens with zero attached hydrogens (tertiary/aromatic N) is 1. The minimum absolute atomic E-state index is 0.00815. The van der Waals surface area contributed by atoms with Gasteiger partial charge in [-0.1, -0.05) is 19.1 Å². The van der Waals surface area contributed by atoms with Crippen molar-refractivity contribution < 1.29 is 57.8 Å². The number of rotatable bonds is 12. The Labute approximate surface area is 303 Å². The number of anilines is 1. The number of methoxy groups -OCH3 is 4. The molecule has 5 saturated carbocycles. The number of piperidine rings is 1. The Morgan fingerprint density at radius 2 is 1.77 bits per heavy atom. The van der Waals surface area contributed by atoms with Crippen LogP contribution in [0, 0.1) is 34.5 Å². The summed E-state index contributed by atoms with van der Waals surface area (Å²) >= 11 is 0. The summed E-state index contributed by atoms with van der Waals surface area (Å²) in [4.78, 5) is 53.0. The molecule has 7 bridgehead atoms. The molecule has 0 radical (unpaired) electrons. The number of amides is 1. The van der Waals surface area contributed by atoms with Gasteiger partial charge in [0, 0.05) is 76.2 Å². The SMILES string of the molecule is CCN1C[C@]2(COC(=O)c3ccccc3NC(=O)CCC(=O)OC)CC[C@H](OC)[C@@]34[C@@H]5C[C@H]6[C@H](OC(C)=O)[C@@H]5[C@](O)(C[C@@H]6OC)[C@](O)([C@@H](OC)[C@H]23)[C@@H]14. The van der Waals surface area contributed by atoms with Gasteiger partial charge in [0.1, 0.15) is 17.3 Å². The molecule has 1 aromatic rings. The second-order valence-electron chi connectivity index (χ2n) is 15.8. The van der Waals surface area contributed by atoms with E-state index in [1.54, 1.807) is 45.6 Å². The topological polar surface area (TPSA) is 179 Å². The molecule has 1 spiro atoms. The molecule has 1 heterocycles. The van der Waals surface area contributed by atoms with E-state index in [4.69, 9.17) is 23.7 Å². The van der Waals surface area contributed by atoms with Gasteiger partial charge in [-0.25, -0.2) is 4.79 Å². The molecule has 6 fully saturated rings. The molecule has 1 amide bonds. The second kappa shape index (κ2) is 13.3. The summed E-state index contributed by atoms with van der Waals surface area (Å²) in [6.07, 6.45) is -0.586. The molecule has 286 valence electrons. The molecule has 52 heavy (non-hydrogen) atoms. The summed E-state index contributed by atoms with van der Waals surface area (Å²) in [7, 11) is 6.10. The molecule has 3 N–H and O–H groups in total. The van der Waals surface area contributed by atoms with Crippen LogP contribution in [0.3, 0.4) is 0 Å². The highest BCUT2D eigenvalue weighted by atomic mass is 16.6. The fourth-order valence-corrected chi connectivity index (χ4v) is 12.6. The maximum atomic E-state index is 14.0. The lowest BCUT2D eigenvalue weighted by molar-refractivity contribution is -0.319. The largest absolute Gasteiger partial charge is 0.469 e. The molecule has 14 nitrogen and oxygen atoms in total. The average Bonchev–Trinajstić information content (AvgIpc) is 3.52. The number of nitrogens with one attached hydrogen (secondary N) is 1. The second-order valence-corrected chi connectivity index (χ2v) is 15.8. The number of benzene rings is 1. The maximum Gasteiger partial charge on any atom is 0.340 e. The molecule has 5 aliphatic carbocycles. The van der Waals surface area contributed by atoms with Gasteiger partial charge in [0.05, 0.1) is 55.7 Å². The number of esters is 3. The van der Waals surface area contributed by atoms with Crippen LogP contribution in [0.15, 0.2) is 24.3 Å². The molecule has 1 aromatic carbocycles. The molecule has 1 aliphatic heterocycles. The molecule has 0 unspecified atom stereocenters. The van der Waals surface area contributed by atoms with E-state index in [9.17, 15) is 29.4 Å². The predicted molar refractivity (Wildman–Crippen MR) is 183 cm³/mol. The monoisotopic (exact) mass is 728 g/mol. The molecule has 1 saturated heterocycles. The van der Waals surface area contributed by atoms with Crippen LogP contribution in [-0.2, 0) is 42.8 Å². The number of aliphatic hydroxyl groups is 2. The van der Waals surface area contributed by atoms with Crippen LogP contribution in [0.1, 0.15) is 62.7 Å². The summed E-state index contributed by atoms with van der Waals surface area (Å²) in [5, 5.41) is 29.4. The number of likely N-dealkylation sites (N-methyl/N-ethyl adjacent to an activating group) is 1. The number of likely N-dealkylation sites (tertiary alicyclic amines) is 1. The van der Waals surface area contributed by atoms with Gasteiger partial charge in [-0.3, -0.25) is 19.3 Å². The highest BCUT2D eigenvalue weighted by molar-refractivity contribution is 6.01. The lowest BCUT2D eigenvalue weighted by Crippen LogP contribution is -2.82. The normalized spacial score (nSPS) is 42.3. The van der Waals surface area contributed by atoms with E-state index in [1.165, 1.54) is 14.0 Å². The Balaban J connectivity index is 1.28. The van der Waals surface area contributed by atoms with Crippen molar-refractivity contribution in [1.29, 1.82) is 0 Å². The highest BCUT2D eigenvalue weighted by Crippen LogP contribution is 2.80. The zero-order valence-corrected chi connectivity index (χ0v) is 30.8. The van der Waals surface area contributed by atoms with Gasteiger partial charge in [0.2, 0.25) is 5.91 Å². The fourth-order valence-electron chi connectivity index (χ4n) is 12.6. The Bertz CT molecular complexity index is 1610. The lowest BCUT2D eigenvalue weighted by atomic mass is 9.42. The summed E-state index contributed by atoms with van der Waals surface area (Å²) in [5.41, 5.74) is -4.61. The van der Waals surface area contributed by atoms with Crippen molar-refractivity contribution in [3.05, 3.63) is 29.8 Å². The third kappa shape index (κ3) is 4.90. The van der Waals surface area contributed by atoms with Gasteiger partial charge in [0.15, 0.2) is 0 Å².